The lowest BCUT2D eigenvalue weighted by atomic mass is 10.1. The van der Waals surface area contributed by atoms with Crippen LogP contribution < -0.4 is 10.6 Å². The van der Waals surface area contributed by atoms with Crippen LogP contribution >= 0.6 is 0 Å². The fourth-order valence-electron chi connectivity index (χ4n) is 1.39. The molecule has 1 saturated heterocycles. The van der Waals surface area contributed by atoms with Crippen LogP contribution in [0.4, 0.5) is 4.39 Å². The maximum atomic E-state index is 12.8. The lowest BCUT2D eigenvalue weighted by molar-refractivity contribution is -0.124. The molecule has 1 aliphatic heterocycles. The molecule has 0 aromatic heterocycles. The number of rotatable bonds is 4. The summed E-state index contributed by atoms with van der Waals surface area (Å²) in [5.41, 5.74) is -0.386. The van der Waals surface area contributed by atoms with Crippen molar-refractivity contribution in [1.29, 1.82) is 0 Å². The van der Waals surface area contributed by atoms with E-state index < -0.39 is 12.2 Å². The SMILES string of the molecule is COC(C)(C)CNC(=O)[C@H]1C[C@H](F)CN1. The molecule has 0 radical (unpaired) electrons. The Morgan fingerprint density at radius 1 is 1.67 bits per heavy atom. The van der Waals surface area contributed by atoms with E-state index in [2.05, 4.69) is 10.6 Å². The molecule has 0 aromatic carbocycles. The predicted octanol–water partition coefficient (Wildman–Crippen LogP) is 0.228. The molecule has 88 valence electrons. The number of amides is 1. The van der Waals surface area contributed by atoms with Crippen molar-refractivity contribution in [3.05, 3.63) is 0 Å². The van der Waals surface area contributed by atoms with E-state index >= 15 is 0 Å². The van der Waals surface area contributed by atoms with Crippen LogP contribution in [0.5, 0.6) is 0 Å². The first kappa shape index (κ1) is 12.4. The van der Waals surface area contributed by atoms with E-state index in [0.29, 0.717) is 6.54 Å². The molecule has 1 amide bonds. The summed E-state index contributed by atoms with van der Waals surface area (Å²) in [5.74, 6) is -0.153. The van der Waals surface area contributed by atoms with Crippen molar-refractivity contribution in [1.82, 2.24) is 10.6 Å². The molecule has 0 spiro atoms. The Kier molecular flexibility index (Phi) is 4.04. The third kappa shape index (κ3) is 3.76. The van der Waals surface area contributed by atoms with Gasteiger partial charge in [0.15, 0.2) is 0 Å². The molecular formula is C10H19FN2O2. The van der Waals surface area contributed by atoms with E-state index in [9.17, 15) is 9.18 Å². The Balaban J connectivity index is 2.30. The molecule has 2 N–H and O–H groups in total. The van der Waals surface area contributed by atoms with Crippen LogP contribution in [-0.2, 0) is 9.53 Å². The van der Waals surface area contributed by atoms with Gasteiger partial charge in [-0.3, -0.25) is 4.79 Å². The summed E-state index contributed by atoms with van der Waals surface area (Å²) < 4.78 is 18.0. The van der Waals surface area contributed by atoms with Gasteiger partial charge in [0.1, 0.15) is 6.17 Å². The third-order valence-corrected chi connectivity index (χ3v) is 2.63. The predicted molar refractivity (Wildman–Crippen MR) is 55.4 cm³/mol. The molecule has 2 atom stereocenters. The molecule has 0 saturated carbocycles. The zero-order valence-electron chi connectivity index (χ0n) is 9.47. The summed E-state index contributed by atoms with van der Waals surface area (Å²) in [4.78, 5) is 11.6. The first-order chi connectivity index (χ1) is 6.94. The number of ether oxygens (including phenoxy) is 1. The number of halogens is 1. The highest BCUT2D eigenvalue weighted by atomic mass is 19.1. The second-order valence-corrected chi connectivity index (χ2v) is 4.48. The Bertz CT molecular complexity index is 233. The topological polar surface area (TPSA) is 50.4 Å². The van der Waals surface area contributed by atoms with Gasteiger partial charge in [-0.2, -0.15) is 0 Å². The van der Waals surface area contributed by atoms with Crippen LogP contribution in [0.25, 0.3) is 0 Å². The van der Waals surface area contributed by atoms with E-state index in [4.69, 9.17) is 4.74 Å². The van der Waals surface area contributed by atoms with Crippen LogP contribution in [0.3, 0.4) is 0 Å². The second kappa shape index (κ2) is 4.90. The van der Waals surface area contributed by atoms with Crippen molar-refractivity contribution >= 4 is 5.91 Å². The Labute approximate surface area is 89.6 Å². The number of nitrogens with one attached hydrogen (secondary N) is 2. The van der Waals surface area contributed by atoms with Gasteiger partial charge in [-0.1, -0.05) is 0 Å². The van der Waals surface area contributed by atoms with Crippen molar-refractivity contribution in [2.75, 3.05) is 20.2 Å². The van der Waals surface area contributed by atoms with Crippen LogP contribution in [-0.4, -0.2) is 43.9 Å². The standard InChI is InChI=1S/C10H19FN2O2/c1-10(2,15-3)6-13-9(14)8-4-7(11)5-12-8/h7-8,12H,4-6H2,1-3H3,(H,13,14)/t7-,8+/m0/s1. The zero-order valence-corrected chi connectivity index (χ0v) is 9.47. The van der Waals surface area contributed by atoms with E-state index in [-0.39, 0.29) is 24.5 Å². The van der Waals surface area contributed by atoms with Crippen LogP contribution in [0.15, 0.2) is 0 Å². The van der Waals surface area contributed by atoms with Crippen molar-refractivity contribution in [3.63, 3.8) is 0 Å². The Morgan fingerprint density at radius 2 is 2.33 bits per heavy atom. The van der Waals surface area contributed by atoms with Gasteiger partial charge < -0.3 is 15.4 Å². The summed E-state index contributed by atoms with van der Waals surface area (Å²) in [5, 5.41) is 5.58. The summed E-state index contributed by atoms with van der Waals surface area (Å²) in [6.45, 7) is 4.46. The lowest BCUT2D eigenvalue weighted by Crippen LogP contribution is -2.46. The van der Waals surface area contributed by atoms with E-state index in [1.165, 1.54) is 0 Å². The maximum Gasteiger partial charge on any atom is 0.237 e. The highest BCUT2D eigenvalue weighted by Gasteiger charge is 2.30. The smallest absolute Gasteiger partial charge is 0.237 e. The number of methoxy groups -OCH3 is 1. The van der Waals surface area contributed by atoms with Crippen molar-refractivity contribution in [2.24, 2.45) is 0 Å². The molecule has 0 aromatic rings. The fourth-order valence-corrected chi connectivity index (χ4v) is 1.39. The van der Waals surface area contributed by atoms with Gasteiger partial charge in [0, 0.05) is 26.6 Å². The van der Waals surface area contributed by atoms with Crippen LogP contribution in [0.1, 0.15) is 20.3 Å². The molecular weight excluding hydrogens is 199 g/mol. The van der Waals surface area contributed by atoms with E-state index in [0.717, 1.165) is 0 Å². The van der Waals surface area contributed by atoms with Crippen LogP contribution in [0, 0.1) is 0 Å². The molecule has 1 fully saturated rings. The van der Waals surface area contributed by atoms with E-state index in [1.54, 1.807) is 7.11 Å². The van der Waals surface area contributed by atoms with Gasteiger partial charge >= 0.3 is 0 Å². The molecule has 5 heteroatoms. The van der Waals surface area contributed by atoms with Gasteiger partial charge in [-0.05, 0) is 13.8 Å². The summed E-state index contributed by atoms with van der Waals surface area (Å²) in [7, 11) is 1.59. The number of carbonyl (C=O) groups is 1. The van der Waals surface area contributed by atoms with Gasteiger partial charge in [0.2, 0.25) is 5.91 Å². The molecule has 1 heterocycles. The van der Waals surface area contributed by atoms with Crippen molar-refractivity contribution < 1.29 is 13.9 Å². The molecule has 0 unspecified atom stereocenters. The minimum atomic E-state index is -0.906. The Hall–Kier alpha value is -0.680. The van der Waals surface area contributed by atoms with Crippen LogP contribution in [0.2, 0.25) is 0 Å². The number of hydrogen-bond acceptors (Lipinski definition) is 3. The number of hydrogen-bond donors (Lipinski definition) is 2. The largest absolute Gasteiger partial charge is 0.377 e. The average molecular weight is 218 g/mol. The van der Waals surface area contributed by atoms with Gasteiger partial charge in [0.25, 0.3) is 0 Å². The first-order valence-electron chi connectivity index (χ1n) is 5.15. The normalized spacial score (nSPS) is 26.7. The first-order valence-corrected chi connectivity index (χ1v) is 5.15. The molecule has 1 aliphatic rings. The highest BCUT2D eigenvalue weighted by Crippen LogP contribution is 2.10. The Morgan fingerprint density at radius 3 is 2.80 bits per heavy atom. The van der Waals surface area contributed by atoms with Crippen molar-refractivity contribution in [3.8, 4) is 0 Å². The van der Waals surface area contributed by atoms with Gasteiger partial charge in [-0.25, -0.2) is 4.39 Å². The summed E-state index contributed by atoms with van der Waals surface area (Å²) in [6, 6.07) is -0.396. The minimum absolute atomic E-state index is 0.153. The quantitative estimate of drug-likeness (QED) is 0.710. The lowest BCUT2D eigenvalue weighted by Gasteiger charge is -2.24. The zero-order chi connectivity index (χ0) is 11.5. The monoisotopic (exact) mass is 218 g/mol. The fraction of sp³-hybridized carbons (Fsp3) is 0.900. The highest BCUT2D eigenvalue weighted by molar-refractivity contribution is 5.82. The van der Waals surface area contributed by atoms with Gasteiger partial charge in [-0.15, -0.1) is 0 Å². The molecule has 4 nitrogen and oxygen atoms in total. The van der Waals surface area contributed by atoms with Gasteiger partial charge in [0.05, 0.1) is 11.6 Å². The summed E-state index contributed by atoms with van der Waals surface area (Å²) >= 11 is 0. The minimum Gasteiger partial charge on any atom is -0.377 e. The third-order valence-electron chi connectivity index (χ3n) is 2.63. The number of alkyl halides is 1. The molecule has 1 rings (SSSR count). The van der Waals surface area contributed by atoms with Crippen molar-refractivity contribution in [2.45, 2.75) is 38.1 Å². The second-order valence-electron chi connectivity index (χ2n) is 4.48. The van der Waals surface area contributed by atoms with E-state index in [1.807, 2.05) is 13.8 Å². The summed E-state index contributed by atoms with van der Waals surface area (Å²) in [6.07, 6.45) is -0.643. The average Bonchev–Trinajstić information content (AvgIpc) is 2.61. The number of carbonyl (C=O) groups excluding carboxylic acids is 1. The molecule has 0 aliphatic carbocycles. The maximum absolute atomic E-state index is 12.8. The molecule has 0 bridgehead atoms. The molecule has 15 heavy (non-hydrogen) atoms.